The van der Waals surface area contributed by atoms with Gasteiger partial charge < -0.3 is 4.42 Å². The highest BCUT2D eigenvalue weighted by Gasteiger charge is 2.10. The summed E-state index contributed by atoms with van der Waals surface area (Å²) in [6.07, 6.45) is 12.2. The average Bonchev–Trinajstić information content (AvgIpc) is 2.58. The van der Waals surface area contributed by atoms with Crippen LogP contribution < -0.4 is 10.6 Å². The predicted octanol–water partition coefficient (Wildman–Crippen LogP) is 2.01. The van der Waals surface area contributed by atoms with E-state index < -0.39 is 0 Å². The minimum Gasteiger partial charge on any atom is -0.457 e. The van der Waals surface area contributed by atoms with Gasteiger partial charge in [-0.25, -0.2) is 0 Å². The van der Waals surface area contributed by atoms with Crippen LogP contribution in [0.2, 0.25) is 0 Å². The van der Waals surface area contributed by atoms with E-state index in [9.17, 15) is 0 Å². The zero-order valence-corrected chi connectivity index (χ0v) is 8.42. The fourth-order valence-corrected chi connectivity index (χ4v) is 1.84. The topological polar surface area (TPSA) is 13.1 Å². The van der Waals surface area contributed by atoms with Crippen LogP contribution in [0.25, 0.3) is 18.2 Å². The summed E-state index contributed by atoms with van der Waals surface area (Å²) in [6, 6.07) is 0. The SMILES string of the molecule is C=C/C=c1/c2c(o/c1=C/C)C=CCC2. The maximum Gasteiger partial charge on any atom is 0.131 e. The number of hydrogen-bond acceptors (Lipinski definition) is 1. The van der Waals surface area contributed by atoms with E-state index >= 15 is 0 Å². The summed E-state index contributed by atoms with van der Waals surface area (Å²) in [5.74, 6) is 1.01. The van der Waals surface area contributed by atoms with Gasteiger partial charge in [-0.05, 0) is 31.9 Å². The van der Waals surface area contributed by atoms with Crippen molar-refractivity contribution in [1.29, 1.82) is 0 Å². The number of rotatable bonds is 1. The maximum atomic E-state index is 5.72. The van der Waals surface area contributed by atoms with Crippen LogP contribution >= 0.6 is 0 Å². The standard InChI is InChI=1S/C13H14O/c1-3-7-10-11-8-5-6-9-13(11)14-12(10)4-2/h3-4,6-7,9H,1,5,8H2,2H3/b10-7-,12-4+. The van der Waals surface area contributed by atoms with Gasteiger partial charge in [0.2, 0.25) is 0 Å². The first kappa shape index (κ1) is 9.07. The smallest absolute Gasteiger partial charge is 0.131 e. The second kappa shape index (κ2) is 3.70. The summed E-state index contributed by atoms with van der Waals surface area (Å²) in [5.41, 5.74) is 2.28. The summed E-state index contributed by atoms with van der Waals surface area (Å²) in [7, 11) is 0. The van der Waals surface area contributed by atoms with Gasteiger partial charge in [-0.2, -0.15) is 0 Å². The van der Waals surface area contributed by atoms with Gasteiger partial charge in [-0.3, -0.25) is 0 Å². The van der Waals surface area contributed by atoms with Gasteiger partial charge in [0.15, 0.2) is 0 Å². The minimum absolute atomic E-state index is 0.960. The Morgan fingerprint density at radius 1 is 1.50 bits per heavy atom. The molecule has 0 saturated carbocycles. The lowest BCUT2D eigenvalue weighted by Crippen LogP contribution is -2.22. The van der Waals surface area contributed by atoms with Crippen LogP contribution in [-0.2, 0) is 6.42 Å². The van der Waals surface area contributed by atoms with Crippen molar-refractivity contribution in [3.8, 4) is 0 Å². The Bertz CT molecular complexity index is 486. The number of fused-ring (bicyclic) bond motifs is 1. The van der Waals surface area contributed by atoms with Gasteiger partial charge >= 0.3 is 0 Å². The van der Waals surface area contributed by atoms with Gasteiger partial charge in [0.25, 0.3) is 0 Å². The largest absolute Gasteiger partial charge is 0.457 e. The van der Waals surface area contributed by atoms with E-state index in [0.717, 1.165) is 24.0 Å². The van der Waals surface area contributed by atoms with Crippen LogP contribution in [0.4, 0.5) is 0 Å². The van der Waals surface area contributed by atoms with Crippen LogP contribution in [0.3, 0.4) is 0 Å². The van der Waals surface area contributed by atoms with Gasteiger partial charge in [0.1, 0.15) is 11.2 Å². The fraction of sp³-hybridized carbons (Fsp3) is 0.231. The molecular weight excluding hydrogens is 172 g/mol. The van der Waals surface area contributed by atoms with E-state index in [4.69, 9.17) is 4.42 Å². The molecule has 0 N–H and O–H groups in total. The van der Waals surface area contributed by atoms with E-state index in [2.05, 4.69) is 18.7 Å². The number of allylic oxidation sites excluding steroid dienone is 2. The number of hydrogen-bond donors (Lipinski definition) is 0. The lowest BCUT2D eigenvalue weighted by atomic mass is 10.0. The monoisotopic (exact) mass is 186 g/mol. The van der Waals surface area contributed by atoms with Crippen molar-refractivity contribution in [1.82, 2.24) is 0 Å². The van der Waals surface area contributed by atoms with Crippen molar-refractivity contribution in [2.75, 3.05) is 0 Å². The normalized spacial score (nSPS) is 17.2. The van der Waals surface area contributed by atoms with E-state index in [1.54, 1.807) is 0 Å². The zero-order valence-electron chi connectivity index (χ0n) is 8.42. The van der Waals surface area contributed by atoms with Crippen molar-refractivity contribution in [3.63, 3.8) is 0 Å². The Morgan fingerprint density at radius 3 is 3.07 bits per heavy atom. The molecule has 0 radical (unpaired) electrons. The molecule has 2 rings (SSSR count). The van der Waals surface area contributed by atoms with Gasteiger partial charge in [-0.1, -0.05) is 24.8 Å². The van der Waals surface area contributed by atoms with Crippen molar-refractivity contribution < 1.29 is 4.42 Å². The zero-order chi connectivity index (χ0) is 9.97. The van der Waals surface area contributed by atoms with Crippen molar-refractivity contribution in [2.24, 2.45) is 0 Å². The molecule has 0 saturated heterocycles. The molecular formula is C13H14O. The highest BCUT2D eigenvalue weighted by Crippen LogP contribution is 2.14. The average molecular weight is 186 g/mol. The molecule has 1 aromatic rings. The molecule has 72 valence electrons. The number of furan rings is 1. The van der Waals surface area contributed by atoms with Crippen LogP contribution in [-0.4, -0.2) is 0 Å². The summed E-state index contributed by atoms with van der Waals surface area (Å²) in [5, 5.41) is 1.20. The highest BCUT2D eigenvalue weighted by atomic mass is 16.3. The lowest BCUT2D eigenvalue weighted by Gasteiger charge is -2.01. The van der Waals surface area contributed by atoms with Crippen LogP contribution in [0, 0.1) is 0 Å². The molecule has 0 unspecified atom stereocenters. The molecule has 1 aromatic heterocycles. The maximum absolute atomic E-state index is 5.72. The van der Waals surface area contributed by atoms with E-state index in [1.165, 1.54) is 10.8 Å². The predicted molar refractivity (Wildman–Crippen MR) is 60.1 cm³/mol. The van der Waals surface area contributed by atoms with Crippen molar-refractivity contribution >= 4 is 18.2 Å². The third kappa shape index (κ3) is 1.35. The molecule has 1 aliphatic rings. The molecule has 0 atom stereocenters. The van der Waals surface area contributed by atoms with Crippen molar-refractivity contribution in [3.05, 3.63) is 40.7 Å². The molecule has 0 bridgehead atoms. The quantitative estimate of drug-likeness (QED) is 0.654. The molecule has 1 nitrogen and oxygen atoms in total. The Kier molecular flexibility index (Phi) is 2.40. The summed E-state index contributed by atoms with van der Waals surface area (Å²) < 4.78 is 5.72. The molecule has 0 amide bonds. The molecule has 0 fully saturated rings. The lowest BCUT2D eigenvalue weighted by molar-refractivity contribution is 0.517. The van der Waals surface area contributed by atoms with E-state index in [0.29, 0.717) is 0 Å². The van der Waals surface area contributed by atoms with Crippen molar-refractivity contribution in [2.45, 2.75) is 19.8 Å². The van der Waals surface area contributed by atoms with Gasteiger partial charge in [0.05, 0.1) is 0 Å². The van der Waals surface area contributed by atoms with Crippen LogP contribution in [0.5, 0.6) is 0 Å². The second-order valence-electron chi connectivity index (χ2n) is 3.35. The Morgan fingerprint density at radius 2 is 2.36 bits per heavy atom. The summed E-state index contributed by atoms with van der Waals surface area (Å²) >= 11 is 0. The van der Waals surface area contributed by atoms with Crippen LogP contribution in [0.1, 0.15) is 24.7 Å². The first-order valence-electron chi connectivity index (χ1n) is 4.94. The van der Waals surface area contributed by atoms with Crippen LogP contribution in [0.15, 0.2) is 23.1 Å². The fourth-order valence-electron chi connectivity index (χ4n) is 1.84. The summed E-state index contributed by atoms with van der Waals surface area (Å²) in [4.78, 5) is 0. The van der Waals surface area contributed by atoms with Gasteiger partial charge in [0, 0.05) is 10.8 Å². The third-order valence-electron chi connectivity index (χ3n) is 2.48. The van der Waals surface area contributed by atoms with Gasteiger partial charge in [-0.15, -0.1) is 0 Å². The molecule has 0 spiro atoms. The Hall–Kier alpha value is -1.50. The van der Waals surface area contributed by atoms with E-state index in [-0.39, 0.29) is 0 Å². The Balaban J connectivity index is 2.80. The molecule has 1 heteroatoms. The third-order valence-corrected chi connectivity index (χ3v) is 2.48. The minimum atomic E-state index is 0.960. The highest BCUT2D eigenvalue weighted by molar-refractivity contribution is 5.54. The van der Waals surface area contributed by atoms with E-state index in [1.807, 2.05) is 25.2 Å². The summed E-state index contributed by atoms with van der Waals surface area (Å²) in [6.45, 7) is 5.73. The molecule has 0 aromatic carbocycles. The first-order chi connectivity index (χ1) is 6.86. The molecule has 14 heavy (non-hydrogen) atoms. The molecule has 1 heterocycles. The molecule has 1 aliphatic carbocycles. The first-order valence-corrected chi connectivity index (χ1v) is 4.94. The molecule has 0 aliphatic heterocycles. The second-order valence-corrected chi connectivity index (χ2v) is 3.35. The Labute approximate surface area is 83.7 Å².